The maximum atomic E-state index is 12.5. The fourth-order valence-corrected chi connectivity index (χ4v) is 3.56. The zero-order chi connectivity index (χ0) is 18.9. The molecular formula is C24H18N2O2. The second-order valence-corrected chi connectivity index (χ2v) is 6.82. The van der Waals surface area contributed by atoms with Gasteiger partial charge in [0.2, 0.25) is 0 Å². The normalized spacial score (nSPS) is 13.7. The Balaban J connectivity index is 1.52. The third-order valence-electron chi connectivity index (χ3n) is 5.01. The number of para-hydroxylation sites is 1. The monoisotopic (exact) mass is 366 g/mol. The molecule has 0 spiro atoms. The van der Waals surface area contributed by atoms with E-state index in [2.05, 4.69) is 12.1 Å². The van der Waals surface area contributed by atoms with E-state index in [1.165, 1.54) is 0 Å². The molecule has 0 amide bonds. The fourth-order valence-electron chi connectivity index (χ4n) is 3.56. The summed E-state index contributed by atoms with van der Waals surface area (Å²) in [7, 11) is 0. The maximum absolute atomic E-state index is 12.5. The molecule has 136 valence electrons. The Hall–Kier alpha value is -3.66. The molecule has 0 aliphatic carbocycles. The molecule has 0 N–H and O–H groups in total. The van der Waals surface area contributed by atoms with Gasteiger partial charge in [-0.2, -0.15) is 5.10 Å². The maximum Gasteiger partial charge on any atom is 0.344 e. The quantitative estimate of drug-likeness (QED) is 0.475. The SMILES string of the molecule is O=c1oc2cc(C3=NN(c4ccccc4)CC3)ccc2cc1-c1ccccc1. The zero-order valence-corrected chi connectivity index (χ0v) is 15.2. The number of fused-ring (bicyclic) bond motifs is 1. The number of hydrazone groups is 1. The smallest absolute Gasteiger partial charge is 0.344 e. The van der Waals surface area contributed by atoms with Crippen LogP contribution in [0.4, 0.5) is 5.69 Å². The van der Waals surface area contributed by atoms with Gasteiger partial charge in [0, 0.05) is 23.9 Å². The Morgan fingerprint density at radius 3 is 2.36 bits per heavy atom. The average Bonchev–Trinajstić information content (AvgIpc) is 3.24. The Morgan fingerprint density at radius 1 is 0.821 bits per heavy atom. The summed E-state index contributed by atoms with van der Waals surface area (Å²) in [5.74, 6) is 0. The van der Waals surface area contributed by atoms with Gasteiger partial charge in [-0.1, -0.05) is 60.7 Å². The van der Waals surface area contributed by atoms with E-state index >= 15 is 0 Å². The van der Waals surface area contributed by atoms with E-state index in [1.54, 1.807) is 0 Å². The molecule has 0 unspecified atom stereocenters. The number of hydrogen-bond acceptors (Lipinski definition) is 4. The molecule has 0 radical (unpaired) electrons. The molecule has 0 bridgehead atoms. The molecule has 0 saturated heterocycles. The van der Waals surface area contributed by atoms with Crippen LogP contribution in [0.15, 0.2) is 99.2 Å². The first kappa shape index (κ1) is 16.5. The summed E-state index contributed by atoms with van der Waals surface area (Å²) in [4.78, 5) is 12.5. The van der Waals surface area contributed by atoms with Crippen molar-refractivity contribution >= 4 is 22.4 Å². The summed E-state index contributed by atoms with van der Waals surface area (Å²) in [5, 5.41) is 7.66. The van der Waals surface area contributed by atoms with E-state index in [-0.39, 0.29) is 5.63 Å². The van der Waals surface area contributed by atoms with Crippen LogP contribution in [0.25, 0.3) is 22.1 Å². The van der Waals surface area contributed by atoms with Gasteiger partial charge in [0.05, 0.1) is 17.0 Å². The highest BCUT2D eigenvalue weighted by Gasteiger charge is 2.18. The minimum absolute atomic E-state index is 0.324. The third-order valence-corrected chi connectivity index (χ3v) is 5.01. The van der Waals surface area contributed by atoms with Crippen LogP contribution < -0.4 is 10.6 Å². The predicted octanol–water partition coefficient (Wildman–Crippen LogP) is 5.07. The Kier molecular flexibility index (Phi) is 4.02. The lowest BCUT2D eigenvalue weighted by Crippen LogP contribution is -2.11. The lowest BCUT2D eigenvalue weighted by atomic mass is 10.0. The second-order valence-electron chi connectivity index (χ2n) is 6.82. The molecule has 2 heterocycles. The number of hydrogen-bond donors (Lipinski definition) is 0. The standard InChI is InChI=1S/C24H18N2O2/c27-24-21(17-7-3-1-4-8-17)15-19-12-11-18(16-23(19)28-24)22-13-14-26(25-22)20-9-5-2-6-10-20/h1-12,15-16H,13-14H2. The van der Waals surface area contributed by atoms with E-state index in [1.807, 2.05) is 77.8 Å². The van der Waals surface area contributed by atoms with Gasteiger partial charge in [-0.25, -0.2) is 4.79 Å². The van der Waals surface area contributed by atoms with E-state index in [0.717, 1.165) is 40.9 Å². The topological polar surface area (TPSA) is 45.8 Å². The summed E-state index contributed by atoms with van der Waals surface area (Å²) in [6.45, 7) is 0.842. The van der Waals surface area contributed by atoms with Gasteiger partial charge in [0.15, 0.2) is 0 Å². The Labute approximate surface area is 162 Å². The van der Waals surface area contributed by atoms with Crippen molar-refractivity contribution in [2.24, 2.45) is 5.10 Å². The van der Waals surface area contributed by atoms with Crippen LogP contribution in [0.2, 0.25) is 0 Å². The highest BCUT2D eigenvalue weighted by molar-refractivity contribution is 6.04. The van der Waals surface area contributed by atoms with E-state index in [4.69, 9.17) is 9.52 Å². The van der Waals surface area contributed by atoms with E-state index in [0.29, 0.717) is 11.1 Å². The summed E-state index contributed by atoms with van der Waals surface area (Å²) in [5.41, 5.74) is 4.77. The number of benzene rings is 3. The molecule has 28 heavy (non-hydrogen) atoms. The molecule has 1 aromatic heterocycles. The first-order chi connectivity index (χ1) is 13.8. The highest BCUT2D eigenvalue weighted by Crippen LogP contribution is 2.25. The van der Waals surface area contributed by atoms with Gasteiger partial charge < -0.3 is 4.42 Å². The molecule has 0 fully saturated rings. The van der Waals surface area contributed by atoms with Crippen molar-refractivity contribution < 1.29 is 4.42 Å². The summed E-state index contributed by atoms with van der Waals surface area (Å²) in [6, 6.07) is 27.6. The molecule has 4 nitrogen and oxygen atoms in total. The zero-order valence-electron chi connectivity index (χ0n) is 15.2. The average molecular weight is 366 g/mol. The molecule has 1 aliphatic heterocycles. The molecule has 3 aromatic carbocycles. The van der Waals surface area contributed by atoms with Crippen molar-refractivity contribution in [2.75, 3.05) is 11.6 Å². The van der Waals surface area contributed by atoms with Crippen LogP contribution in [-0.2, 0) is 0 Å². The van der Waals surface area contributed by atoms with Crippen LogP contribution in [0.1, 0.15) is 12.0 Å². The van der Waals surface area contributed by atoms with Crippen molar-refractivity contribution in [2.45, 2.75) is 6.42 Å². The summed E-state index contributed by atoms with van der Waals surface area (Å²) in [6.07, 6.45) is 0.854. The van der Waals surface area contributed by atoms with Gasteiger partial charge >= 0.3 is 5.63 Å². The highest BCUT2D eigenvalue weighted by atomic mass is 16.4. The van der Waals surface area contributed by atoms with Crippen molar-refractivity contribution in [3.63, 3.8) is 0 Å². The minimum atomic E-state index is -0.324. The van der Waals surface area contributed by atoms with Crippen LogP contribution in [0, 0.1) is 0 Å². The number of rotatable bonds is 3. The van der Waals surface area contributed by atoms with E-state index in [9.17, 15) is 4.79 Å². The Bertz CT molecular complexity index is 1230. The van der Waals surface area contributed by atoms with Crippen LogP contribution in [0.5, 0.6) is 0 Å². The molecule has 4 heteroatoms. The van der Waals surface area contributed by atoms with Crippen LogP contribution >= 0.6 is 0 Å². The summed E-state index contributed by atoms with van der Waals surface area (Å²) < 4.78 is 5.63. The van der Waals surface area contributed by atoms with E-state index < -0.39 is 0 Å². The first-order valence-electron chi connectivity index (χ1n) is 9.32. The summed E-state index contributed by atoms with van der Waals surface area (Å²) >= 11 is 0. The van der Waals surface area contributed by atoms with Crippen LogP contribution in [0.3, 0.4) is 0 Å². The Morgan fingerprint density at radius 2 is 1.57 bits per heavy atom. The lowest BCUT2D eigenvalue weighted by Gasteiger charge is -2.12. The molecule has 0 atom stereocenters. The third kappa shape index (κ3) is 2.99. The van der Waals surface area contributed by atoms with Gasteiger partial charge in [-0.15, -0.1) is 0 Å². The van der Waals surface area contributed by atoms with Crippen molar-refractivity contribution in [1.29, 1.82) is 0 Å². The molecular weight excluding hydrogens is 348 g/mol. The second kappa shape index (κ2) is 6.82. The van der Waals surface area contributed by atoms with Crippen LogP contribution in [-0.4, -0.2) is 12.3 Å². The minimum Gasteiger partial charge on any atom is -0.422 e. The molecule has 0 saturated carbocycles. The van der Waals surface area contributed by atoms with Gasteiger partial charge in [0.1, 0.15) is 5.58 Å². The van der Waals surface area contributed by atoms with Crippen molar-refractivity contribution in [3.8, 4) is 11.1 Å². The van der Waals surface area contributed by atoms with Crippen molar-refractivity contribution in [3.05, 3.63) is 101 Å². The predicted molar refractivity (Wildman–Crippen MR) is 113 cm³/mol. The number of nitrogens with zero attached hydrogens (tertiary/aromatic N) is 2. The largest absolute Gasteiger partial charge is 0.422 e. The lowest BCUT2D eigenvalue weighted by molar-refractivity contribution is 0.563. The van der Waals surface area contributed by atoms with Gasteiger partial charge in [0.25, 0.3) is 0 Å². The first-order valence-corrected chi connectivity index (χ1v) is 9.32. The molecule has 5 rings (SSSR count). The molecule has 1 aliphatic rings. The fraction of sp³-hybridized carbons (Fsp3) is 0.0833. The van der Waals surface area contributed by atoms with Gasteiger partial charge in [-0.3, -0.25) is 5.01 Å². The van der Waals surface area contributed by atoms with Crippen molar-refractivity contribution in [1.82, 2.24) is 0 Å². The van der Waals surface area contributed by atoms with Gasteiger partial charge in [-0.05, 0) is 29.8 Å². The molecule has 4 aromatic rings. The number of anilines is 1.